The van der Waals surface area contributed by atoms with Crippen LogP contribution in [0.15, 0.2) is 18.2 Å². The normalized spacial score (nSPS) is 11.1. The number of sulfonamides is 1. The van der Waals surface area contributed by atoms with Crippen LogP contribution in [0, 0.1) is 0 Å². The van der Waals surface area contributed by atoms with Crippen LogP contribution in [0.25, 0.3) is 0 Å². The zero-order chi connectivity index (χ0) is 13.6. The number of anilines is 1. The summed E-state index contributed by atoms with van der Waals surface area (Å²) in [6.07, 6.45) is 0.407. The van der Waals surface area contributed by atoms with Crippen LogP contribution in [0.3, 0.4) is 0 Å². The van der Waals surface area contributed by atoms with E-state index in [1.165, 1.54) is 14.2 Å². The summed E-state index contributed by atoms with van der Waals surface area (Å²) < 4.78 is 36.0. The van der Waals surface area contributed by atoms with Gasteiger partial charge in [-0.05, 0) is 18.6 Å². The third-order valence-electron chi connectivity index (χ3n) is 2.20. The molecule has 1 aromatic rings. The van der Waals surface area contributed by atoms with Crippen molar-refractivity contribution in [1.29, 1.82) is 0 Å². The van der Waals surface area contributed by atoms with Gasteiger partial charge in [0.15, 0.2) is 11.5 Å². The average Bonchev–Trinajstić information content (AvgIpc) is 2.35. The second kappa shape index (κ2) is 6.70. The van der Waals surface area contributed by atoms with Crippen molar-refractivity contribution >= 4 is 27.3 Å². The molecule has 0 aliphatic rings. The molecule has 0 unspecified atom stereocenters. The average molecular weight is 294 g/mol. The predicted molar refractivity (Wildman–Crippen MR) is 72.3 cm³/mol. The Morgan fingerprint density at radius 2 is 1.89 bits per heavy atom. The highest BCUT2D eigenvalue weighted by Crippen LogP contribution is 2.30. The van der Waals surface area contributed by atoms with E-state index >= 15 is 0 Å². The Balaban J connectivity index is 2.85. The summed E-state index contributed by atoms with van der Waals surface area (Å²) in [5.74, 6) is 1.31. The maximum absolute atomic E-state index is 11.7. The van der Waals surface area contributed by atoms with Crippen LogP contribution in [-0.2, 0) is 10.0 Å². The fourth-order valence-corrected chi connectivity index (χ4v) is 2.78. The van der Waals surface area contributed by atoms with Crippen LogP contribution in [0.1, 0.15) is 6.42 Å². The van der Waals surface area contributed by atoms with Gasteiger partial charge in [-0.25, -0.2) is 8.42 Å². The number of methoxy groups -OCH3 is 2. The maximum Gasteiger partial charge on any atom is 0.232 e. The van der Waals surface area contributed by atoms with E-state index in [1.54, 1.807) is 18.2 Å². The molecule has 0 aliphatic carbocycles. The molecule has 1 aromatic carbocycles. The van der Waals surface area contributed by atoms with Crippen molar-refractivity contribution in [2.45, 2.75) is 6.42 Å². The summed E-state index contributed by atoms with van der Waals surface area (Å²) in [6.45, 7) is 0. The number of rotatable bonds is 7. The SMILES string of the molecule is COc1ccc(NS(=O)(=O)CCCCl)cc1OC. The molecule has 1 rings (SSSR count). The first-order valence-electron chi connectivity index (χ1n) is 5.31. The van der Waals surface area contributed by atoms with Crippen LogP contribution in [0.4, 0.5) is 5.69 Å². The predicted octanol–water partition coefficient (Wildman–Crippen LogP) is 2.07. The molecule has 0 saturated carbocycles. The summed E-state index contributed by atoms with van der Waals surface area (Å²) in [6, 6.07) is 4.81. The van der Waals surface area contributed by atoms with Gasteiger partial charge in [-0.2, -0.15) is 0 Å². The summed E-state index contributed by atoms with van der Waals surface area (Å²) in [5, 5.41) is 0. The van der Waals surface area contributed by atoms with Crippen molar-refractivity contribution in [3.63, 3.8) is 0 Å². The molecule has 0 aromatic heterocycles. The van der Waals surface area contributed by atoms with E-state index in [4.69, 9.17) is 21.1 Å². The number of alkyl halides is 1. The molecule has 0 radical (unpaired) electrons. The highest BCUT2D eigenvalue weighted by molar-refractivity contribution is 7.92. The van der Waals surface area contributed by atoms with Crippen LogP contribution in [0.5, 0.6) is 11.5 Å². The maximum atomic E-state index is 11.7. The molecule has 0 bridgehead atoms. The highest BCUT2D eigenvalue weighted by Gasteiger charge is 2.11. The quantitative estimate of drug-likeness (QED) is 0.782. The Kier molecular flexibility index (Phi) is 5.55. The second-order valence-corrected chi connectivity index (χ2v) is 5.75. The zero-order valence-corrected chi connectivity index (χ0v) is 11.8. The molecule has 0 amide bonds. The van der Waals surface area contributed by atoms with Crippen LogP contribution in [0.2, 0.25) is 0 Å². The molecule has 0 aliphatic heterocycles. The Morgan fingerprint density at radius 3 is 2.44 bits per heavy atom. The molecule has 0 fully saturated rings. The Bertz CT molecular complexity index is 490. The second-order valence-electron chi connectivity index (χ2n) is 3.53. The Labute approximate surface area is 112 Å². The molecule has 5 nitrogen and oxygen atoms in total. The standard InChI is InChI=1S/C11H16ClNO4S/c1-16-10-5-4-9(8-11(10)17-2)13-18(14,15)7-3-6-12/h4-5,8,13H,3,6-7H2,1-2H3. The van der Waals surface area contributed by atoms with Gasteiger partial charge in [-0.15, -0.1) is 11.6 Å². The van der Waals surface area contributed by atoms with Crippen molar-refractivity contribution in [2.75, 3.05) is 30.6 Å². The van der Waals surface area contributed by atoms with Gasteiger partial charge < -0.3 is 9.47 Å². The molecular formula is C11H16ClNO4S. The van der Waals surface area contributed by atoms with Gasteiger partial charge >= 0.3 is 0 Å². The topological polar surface area (TPSA) is 64.6 Å². The van der Waals surface area contributed by atoms with E-state index < -0.39 is 10.0 Å². The molecule has 7 heteroatoms. The van der Waals surface area contributed by atoms with Crippen LogP contribution < -0.4 is 14.2 Å². The van der Waals surface area contributed by atoms with Gasteiger partial charge in [0.05, 0.1) is 25.7 Å². The van der Waals surface area contributed by atoms with E-state index in [1.807, 2.05) is 0 Å². The van der Waals surface area contributed by atoms with E-state index in [-0.39, 0.29) is 5.75 Å². The van der Waals surface area contributed by atoms with Gasteiger partial charge in [-0.3, -0.25) is 4.72 Å². The molecule has 0 spiro atoms. The van der Waals surface area contributed by atoms with E-state index in [0.717, 1.165) is 0 Å². The lowest BCUT2D eigenvalue weighted by Gasteiger charge is -2.11. The molecule has 0 atom stereocenters. The summed E-state index contributed by atoms with van der Waals surface area (Å²) in [4.78, 5) is 0. The lowest BCUT2D eigenvalue weighted by molar-refractivity contribution is 0.355. The van der Waals surface area contributed by atoms with Gasteiger partial charge in [0.2, 0.25) is 10.0 Å². The summed E-state index contributed by atoms with van der Waals surface area (Å²) >= 11 is 5.47. The van der Waals surface area contributed by atoms with Crippen LogP contribution >= 0.6 is 11.6 Å². The van der Waals surface area contributed by atoms with Gasteiger partial charge in [0.25, 0.3) is 0 Å². The minimum atomic E-state index is -3.37. The number of benzene rings is 1. The first-order chi connectivity index (χ1) is 8.52. The van der Waals surface area contributed by atoms with Gasteiger partial charge in [0.1, 0.15) is 0 Å². The fourth-order valence-electron chi connectivity index (χ4n) is 1.37. The minimum absolute atomic E-state index is 0.00908. The largest absolute Gasteiger partial charge is 0.493 e. The molecule has 1 N–H and O–H groups in total. The van der Waals surface area contributed by atoms with E-state index in [0.29, 0.717) is 29.5 Å². The minimum Gasteiger partial charge on any atom is -0.493 e. The number of halogens is 1. The van der Waals surface area contributed by atoms with Crippen LogP contribution in [-0.4, -0.2) is 34.3 Å². The fraction of sp³-hybridized carbons (Fsp3) is 0.455. The van der Waals surface area contributed by atoms with Crippen molar-refractivity contribution in [3.8, 4) is 11.5 Å². The third kappa shape index (κ3) is 4.27. The van der Waals surface area contributed by atoms with Gasteiger partial charge in [-0.1, -0.05) is 0 Å². The molecule has 0 heterocycles. The first kappa shape index (κ1) is 14.9. The lowest BCUT2D eigenvalue weighted by atomic mass is 10.3. The van der Waals surface area contributed by atoms with Gasteiger partial charge in [0, 0.05) is 11.9 Å². The molecular weight excluding hydrogens is 278 g/mol. The van der Waals surface area contributed by atoms with Crippen molar-refractivity contribution in [3.05, 3.63) is 18.2 Å². The number of hydrogen-bond acceptors (Lipinski definition) is 4. The van der Waals surface area contributed by atoms with Crippen molar-refractivity contribution < 1.29 is 17.9 Å². The Morgan fingerprint density at radius 1 is 1.22 bits per heavy atom. The summed E-state index contributed by atoms with van der Waals surface area (Å²) in [7, 11) is -0.366. The zero-order valence-electron chi connectivity index (χ0n) is 10.3. The van der Waals surface area contributed by atoms with Crippen molar-refractivity contribution in [1.82, 2.24) is 0 Å². The summed E-state index contributed by atoms with van der Waals surface area (Å²) in [5.41, 5.74) is 0.433. The highest BCUT2D eigenvalue weighted by atomic mass is 35.5. The lowest BCUT2D eigenvalue weighted by Crippen LogP contribution is -2.17. The number of hydrogen-bond donors (Lipinski definition) is 1. The number of ether oxygens (including phenoxy) is 2. The Hall–Kier alpha value is -1.14. The molecule has 102 valence electrons. The third-order valence-corrected chi connectivity index (χ3v) is 3.84. The van der Waals surface area contributed by atoms with Crippen molar-refractivity contribution in [2.24, 2.45) is 0 Å². The number of nitrogens with one attached hydrogen (secondary N) is 1. The van der Waals surface area contributed by atoms with E-state index in [2.05, 4.69) is 4.72 Å². The van der Waals surface area contributed by atoms with E-state index in [9.17, 15) is 8.42 Å². The smallest absolute Gasteiger partial charge is 0.232 e. The molecule has 0 saturated heterocycles. The first-order valence-corrected chi connectivity index (χ1v) is 7.49. The molecule has 18 heavy (non-hydrogen) atoms. The monoisotopic (exact) mass is 293 g/mol.